The summed E-state index contributed by atoms with van der Waals surface area (Å²) in [5.74, 6) is 1.94. The third-order valence-corrected chi connectivity index (χ3v) is 5.80. The minimum absolute atomic E-state index is 0.0323. The number of H-pyrrole nitrogens is 2. The van der Waals surface area contributed by atoms with Crippen LogP contribution in [-0.2, 0) is 0 Å². The second-order valence-electron chi connectivity index (χ2n) is 9.76. The van der Waals surface area contributed by atoms with Gasteiger partial charge in [0.1, 0.15) is 5.75 Å². The number of phenols is 1. The van der Waals surface area contributed by atoms with Gasteiger partial charge in [0.25, 0.3) is 5.82 Å². The van der Waals surface area contributed by atoms with Crippen molar-refractivity contribution < 1.29 is 15.2 Å². The van der Waals surface area contributed by atoms with E-state index in [9.17, 15) is 5.11 Å². The molecule has 0 spiro atoms. The van der Waals surface area contributed by atoms with Gasteiger partial charge in [0.2, 0.25) is 5.82 Å². The molecule has 33 heavy (non-hydrogen) atoms. The molecule has 1 fully saturated rings. The van der Waals surface area contributed by atoms with Crippen molar-refractivity contribution >= 4 is 11.5 Å². The zero-order valence-electron chi connectivity index (χ0n) is 20.5. The summed E-state index contributed by atoms with van der Waals surface area (Å²) in [5, 5.41) is 21.2. The van der Waals surface area contributed by atoms with Gasteiger partial charge in [-0.1, -0.05) is 0 Å². The summed E-state index contributed by atoms with van der Waals surface area (Å²) in [6.07, 6.45) is 7.16. The number of aromatic amines is 2. The van der Waals surface area contributed by atoms with Crippen LogP contribution in [0.25, 0.3) is 17.1 Å². The van der Waals surface area contributed by atoms with E-state index in [1.165, 1.54) is 0 Å². The highest BCUT2D eigenvalue weighted by Gasteiger charge is 2.39. The summed E-state index contributed by atoms with van der Waals surface area (Å²) in [5.41, 5.74) is 20.1. The van der Waals surface area contributed by atoms with Crippen LogP contribution in [0.15, 0.2) is 42.4 Å². The first-order chi connectivity index (χ1) is 15.4. The minimum atomic E-state index is 0.0323. The van der Waals surface area contributed by atoms with E-state index in [2.05, 4.69) is 47.9 Å². The zero-order chi connectivity index (χ0) is 25.0. The molecule has 0 bridgehead atoms. The molecule has 2 aromatic rings. The number of benzene rings is 1. The number of nitrogens with one attached hydrogen (secondary N) is 3. The van der Waals surface area contributed by atoms with Gasteiger partial charge in [-0.3, -0.25) is 0 Å². The number of phenolic OH excluding ortho intramolecular Hbond substituents is 1. The third-order valence-electron chi connectivity index (χ3n) is 5.80. The minimum Gasteiger partial charge on any atom is -0.507 e. The highest BCUT2D eigenvalue weighted by Crippen LogP contribution is 2.32. The Morgan fingerprint density at radius 2 is 1.73 bits per heavy atom. The summed E-state index contributed by atoms with van der Waals surface area (Å²) in [4.78, 5) is 8.13. The Hall–Kier alpha value is -3.17. The molecule has 9 nitrogen and oxygen atoms in total. The monoisotopic (exact) mass is 458 g/mol. The number of aromatic nitrogens is 2. The Morgan fingerprint density at radius 1 is 1.12 bits per heavy atom. The van der Waals surface area contributed by atoms with E-state index in [0.29, 0.717) is 34.8 Å². The Bertz CT molecular complexity index is 992. The number of anilines is 1. The van der Waals surface area contributed by atoms with Crippen molar-refractivity contribution in [2.24, 2.45) is 11.5 Å². The number of aromatic hydroxyl groups is 1. The number of hydrogen-bond donors (Lipinski definition) is 7. The van der Waals surface area contributed by atoms with Crippen molar-refractivity contribution in [3.63, 3.8) is 0 Å². The highest BCUT2D eigenvalue weighted by atomic mass is 16.3. The van der Waals surface area contributed by atoms with Crippen molar-refractivity contribution in [3.8, 4) is 17.1 Å². The van der Waals surface area contributed by atoms with Gasteiger partial charge < -0.3 is 37.6 Å². The molecule has 1 aliphatic heterocycles. The average Bonchev–Trinajstić information content (AvgIpc) is 3.16. The average molecular weight is 459 g/mol. The SMILES string of the molecule is CN(/C(N)=C/C=C(\N)c1ccc(-c2[nH]c(N)c[nH+]2)cc1O)C1CC(C)(C)NC(C)(C)C1.CO. The Balaban J connectivity index is 0.00000187. The highest BCUT2D eigenvalue weighted by molar-refractivity contribution is 5.72. The van der Waals surface area contributed by atoms with E-state index < -0.39 is 0 Å². The number of nitrogens with two attached hydrogens (primary N) is 3. The van der Waals surface area contributed by atoms with E-state index >= 15 is 0 Å². The fraction of sp³-hybridized carbons (Fsp3) is 0.458. The van der Waals surface area contributed by atoms with Crippen LogP contribution in [0.2, 0.25) is 0 Å². The number of nitrogen functional groups attached to an aromatic ring is 1. The van der Waals surface area contributed by atoms with E-state index in [0.717, 1.165) is 25.5 Å². The van der Waals surface area contributed by atoms with E-state index in [1.807, 2.05) is 13.1 Å². The van der Waals surface area contributed by atoms with Crippen LogP contribution < -0.4 is 27.5 Å². The molecular formula is C24H40N7O2+. The number of imidazole rings is 1. The normalized spacial score (nSPS) is 18.4. The smallest absolute Gasteiger partial charge is 0.286 e. The molecule has 0 amide bonds. The molecular weight excluding hydrogens is 418 g/mol. The lowest BCUT2D eigenvalue weighted by Gasteiger charge is -2.49. The molecule has 0 atom stereocenters. The molecule has 1 aromatic carbocycles. The number of nitrogens with zero attached hydrogens (tertiary/aromatic N) is 1. The standard InChI is InChI=1S/C23H35N7O.CH4O/c1-22(2)11-15(12-23(3,4)29-22)30(5)20(26)9-8-17(24)16-7-6-14(10-18(16)31)21-27-13-19(25)28-21;1-2/h6-10,13,15,29,31H,11-12,24-26H2,1-5H3,(H,27,28);2H,1H3/p+1/b17-8-,20-9+;. The van der Waals surface area contributed by atoms with Crippen molar-refractivity contribution in [1.82, 2.24) is 15.2 Å². The maximum atomic E-state index is 10.5. The molecule has 182 valence electrons. The predicted molar refractivity (Wildman–Crippen MR) is 134 cm³/mol. The predicted octanol–water partition coefficient (Wildman–Crippen LogP) is 1.73. The van der Waals surface area contributed by atoms with Gasteiger partial charge in [-0.05, 0) is 70.9 Å². The van der Waals surface area contributed by atoms with Crippen LogP contribution in [0, 0.1) is 0 Å². The second kappa shape index (κ2) is 10.2. The summed E-state index contributed by atoms with van der Waals surface area (Å²) in [6.45, 7) is 8.88. The van der Waals surface area contributed by atoms with Gasteiger partial charge in [0.15, 0.2) is 6.20 Å². The number of aliphatic hydroxyl groups excluding tert-OH is 1. The Labute approximate surface area is 196 Å². The van der Waals surface area contributed by atoms with E-state index in [1.54, 1.807) is 30.5 Å². The molecule has 0 radical (unpaired) electrons. The molecule has 0 aliphatic carbocycles. The largest absolute Gasteiger partial charge is 0.507 e. The molecule has 1 saturated heterocycles. The van der Waals surface area contributed by atoms with Gasteiger partial charge in [0, 0.05) is 42.5 Å². The number of aliphatic hydroxyl groups is 1. The van der Waals surface area contributed by atoms with Gasteiger partial charge in [-0.15, -0.1) is 0 Å². The quantitative estimate of drug-likeness (QED) is 0.335. The van der Waals surface area contributed by atoms with Crippen LogP contribution in [-0.4, -0.2) is 51.4 Å². The maximum absolute atomic E-state index is 10.5. The van der Waals surface area contributed by atoms with Gasteiger partial charge in [-0.2, -0.15) is 0 Å². The molecule has 0 unspecified atom stereocenters. The number of hydrogen-bond acceptors (Lipinski definition) is 7. The van der Waals surface area contributed by atoms with Crippen molar-refractivity contribution in [3.05, 3.63) is 47.9 Å². The first kappa shape index (κ1) is 26.1. The maximum Gasteiger partial charge on any atom is 0.286 e. The fourth-order valence-corrected chi connectivity index (χ4v) is 4.59. The second-order valence-corrected chi connectivity index (χ2v) is 9.76. The lowest BCUT2D eigenvalue weighted by atomic mass is 9.79. The van der Waals surface area contributed by atoms with Gasteiger partial charge in [0.05, 0.1) is 11.4 Å². The van der Waals surface area contributed by atoms with Gasteiger partial charge in [-0.25, -0.2) is 9.97 Å². The van der Waals surface area contributed by atoms with Crippen molar-refractivity contribution in [2.45, 2.75) is 57.7 Å². The number of rotatable bonds is 5. The molecule has 2 heterocycles. The molecule has 0 saturated carbocycles. The fourth-order valence-electron chi connectivity index (χ4n) is 4.59. The molecule has 11 N–H and O–H groups in total. The van der Waals surface area contributed by atoms with Crippen LogP contribution in [0.1, 0.15) is 46.1 Å². The number of allylic oxidation sites excluding steroid dienone is 2. The first-order valence-electron chi connectivity index (χ1n) is 11.0. The molecule has 1 aliphatic rings. The Kier molecular flexibility index (Phi) is 8.05. The van der Waals surface area contributed by atoms with E-state index in [-0.39, 0.29) is 16.8 Å². The summed E-state index contributed by atoms with van der Waals surface area (Å²) >= 11 is 0. The lowest BCUT2D eigenvalue weighted by molar-refractivity contribution is -0.361. The van der Waals surface area contributed by atoms with Crippen molar-refractivity contribution in [2.75, 3.05) is 19.9 Å². The zero-order valence-corrected chi connectivity index (χ0v) is 20.5. The summed E-state index contributed by atoms with van der Waals surface area (Å²) in [6, 6.07) is 5.58. The molecule has 9 heteroatoms. The molecule has 1 aromatic heterocycles. The number of piperidine rings is 1. The van der Waals surface area contributed by atoms with Crippen LogP contribution in [0.4, 0.5) is 5.82 Å². The lowest BCUT2D eigenvalue weighted by Crippen LogP contribution is -2.61. The summed E-state index contributed by atoms with van der Waals surface area (Å²) < 4.78 is 0. The molecule has 3 rings (SSSR count). The van der Waals surface area contributed by atoms with Crippen molar-refractivity contribution in [1.29, 1.82) is 0 Å². The van der Waals surface area contributed by atoms with Crippen LogP contribution in [0.5, 0.6) is 5.75 Å². The van der Waals surface area contributed by atoms with Crippen LogP contribution in [0.3, 0.4) is 0 Å². The first-order valence-corrected chi connectivity index (χ1v) is 11.0. The summed E-state index contributed by atoms with van der Waals surface area (Å²) in [7, 11) is 3.02. The van der Waals surface area contributed by atoms with Crippen LogP contribution >= 0.6 is 0 Å². The van der Waals surface area contributed by atoms with E-state index in [4.69, 9.17) is 22.3 Å². The topological polar surface area (TPSA) is 164 Å². The Morgan fingerprint density at radius 3 is 2.24 bits per heavy atom. The van der Waals surface area contributed by atoms with Gasteiger partial charge >= 0.3 is 0 Å². The third kappa shape index (κ3) is 6.66.